The Morgan fingerprint density at radius 2 is 2.19 bits per heavy atom. The number of benzene rings is 1. The lowest BCUT2D eigenvalue weighted by Crippen LogP contribution is -2.18. The first-order chi connectivity index (χ1) is 7.13. The molecule has 0 radical (unpaired) electrons. The Labute approximate surface area is 105 Å². The average Bonchev–Trinajstić information content (AvgIpc) is 2.20. The number of rotatable bonds is 4. The molecule has 0 aromatic heterocycles. The molecule has 1 amide bonds. The molecule has 0 bridgehead atoms. The molecule has 6 heteroatoms. The lowest BCUT2D eigenvalue weighted by molar-refractivity contribution is -0.116. The Morgan fingerprint density at radius 3 is 2.75 bits per heavy atom. The molecule has 1 rings (SSSR count). The number of hydrogen-bond donors (Lipinski definition) is 2. The summed E-state index contributed by atoms with van der Waals surface area (Å²) in [6, 6.07) is 4.07. The third kappa shape index (κ3) is 4.79. The van der Waals surface area contributed by atoms with Gasteiger partial charge in [-0.1, -0.05) is 11.6 Å². The van der Waals surface area contributed by atoms with Gasteiger partial charge < -0.3 is 10.6 Å². The summed E-state index contributed by atoms with van der Waals surface area (Å²) >= 11 is 5.56. The van der Waals surface area contributed by atoms with Crippen molar-refractivity contribution in [1.29, 1.82) is 0 Å². The van der Waals surface area contributed by atoms with Crippen LogP contribution in [0.5, 0.6) is 0 Å². The summed E-state index contributed by atoms with van der Waals surface area (Å²) in [5, 5.41) is 5.47. The quantitative estimate of drug-likeness (QED) is 0.879. The minimum atomic E-state index is -0.495. The van der Waals surface area contributed by atoms with Crippen molar-refractivity contribution < 1.29 is 9.18 Å². The van der Waals surface area contributed by atoms with Crippen molar-refractivity contribution >= 4 is 35.6 Å². The molecule has 0 saturated heterocycles. The summed E-state index contributed by atoms with van der Waals surface area (Å²) in [5.41, 5.74) is 0.502. The van der Waals surface area contributed by atoms with E-state index >= 15 is 0 Å². The van der Waals surface area contributed by atoms with Crippen molar-refractivity contribution in [1.82, 2.24) is 5.32 Å². The molecule has 0 aliphatic rings. The van der Waals surface area contributed by atoms with Crippen LogP contribution in [0.25, 0.3) is 0 Å². The summed E-state index contributed by atoms with van der Waals surface area (Å²) in [4.78, 5) is 11.3. The molecule has 1 aromatic rings. The summed E-state index contributed by atoms with van der Waals surface area (Å²) in [6.45, 7) is 0.598. The van der Waals surface area contributed by atoms with Crippen LogP contribution in [-0.4, -0.2) is 19.5 Å². The second-order valence-corrected chi connectivity index (χ2v) is 3.44. The molecule has 0 spiro atoms. The normalized spacial score (nSPS) is 9.44. The minimum Gasteiger partial charge on any atom is -0.326 e. The molecular weight excluding hydrogens is 254 g/mol. The van der Waals surface area contributed by atoms with Gasteiger partial charge in [-0.15, -0.1) is 12.4 Å². The van der Waals surface area contributed by atoms with Crippen molar-refractivity contribution in [3.05, 3.63) is 29.0 Å². The molecule has 1 aromatic carbocycles. The van der Waals surface area contributed by atoms with Gasteiger partial charge in [-0.3, -0.25) is 4.79 Å². The van der Waals surface area contributed by atoms with Crippen LogP contribution in [0.15, 0.2) is 18.2 Å². The summed E-state index contributed by atoms with van der Waals surface area (Å²) in [5.74, 6) is -0.628. The zero-order valence-corrected chi connectivity index (χ0v) is 10.3. The molecule has 16 heavy (non-hydrogen) atoms. The molecule has 0 saturated carbocycles. The zero-order valence-electron chi connectivity index (χ0n) is 8.72. The van der Waals surface area contributed by atoms with E-state index in [1.165, 1.54) is 18.2 Å². The van der Waals surface area contributed by atoms with Gasteiger partial charge in [0.25, 0.3) is 0 Å². The predicted octanol–water partition coefficient (Wildman–Crippen LogP) is 2.45. The first-order valence-electron chi connectivity index (χ1n) is 4.53. The number of carbonyl (C=O) groups excluding carboxylic acids is 1. The van der Waals surface area contributed by atoms with E-state index in [0.717, 1.165) is 0 Å². The SMILES string of the molecule is CNCCC(=O)Nc1ccc(F)c(Cl)c1.Cl. The highest BCUT2D eigenvalue weighted by Crippen LogP contribution is 2.19. The van der Waals surface area contributed by atoms with Gasteiger partial charge in [-0.25, -0.2) is 4.39 Å². The lowest BCUT2D eigenvalue weighted by Gasteiger charge is -2.05. The molecule has 0 unspecified atom stereocenters. The second kappa shape index (κ2) is 7.44. The Bertz CT molecular complexity index is 361. The van der Waals surface area contributed by atoms with Gasteiger partial charge >= 0.3 is 0 Å². The largest absolute Gasteiger partial charge is 0.326 e. The first kappa shape index (κ1) is 15.2. The minimum absolute atomic E-state index is 0. The Hall–Kier alpha value is -0.840. The lowest BCUT2D eigenvalue weighted by atomic mass is 10.3. The molecule has 0 aliphatic carbocycles. The maximum Gasteiger partial charge on any atom is 0.225 e. The molecule has 90 valence electrons. The van der Waals surface area contributed by atoms with Gasteiger partial charge in [-0.2, -0.15) is 0 Å². The van der Waals surface area contributed by atoms with Crippen molar-refractivity contribution in [3.8, 4) is 0 Å². The Kier molecular flexibility index (Phi) is 7.05. The van der Waals surface area contributed by atoms with Crippen molar-refractivity contribution in [3.63, 3.8) is 0 Å². The summed E-state index contributed by atoms with van der Waals surface area (Å²) < 4.78 is 12.8. The van der Waals surface area contributed by atoms with E-state index < -0.39 is 5.82 Å². The van der Waals surface area contributed by atoms with Crippen LogP contribution < -0.4 is 10.6 Å². The Balaban J connectivity index is 0.00000225. The van der Waals surface area contributed by atoms with Crippen LogP contribution in [0.1, 0.15) is 6.42 Å². The fourth-order valence-electron chi connectivity index (χ4n) is 1.04. The highest BCUT2D eigenvalue weighted by Gasteiger charge is 2.04. The molecule has 0 heterocycles. The Morgan fingerprint density at radius 1 is 1.50 bits per heavy atom. The van der Waals surface area contributed by atoms with Crippen LogP contribution in [0.4, 0.5) is 10.1 Å². The number of hydrogen-bond acceptors (Lipinski definition) is 2. The number of nitrogens with one attached hydrogen (secondary N) is 2. The number of halogens is 3. The zero-order chi connectivity index (χ0) is 11.3. The van der Waals surface area contributed by atoms with Gasteiger partial charge in [0.15, 0.2) is 0 Å². The van der Waals surface area contributed by atoms with Crippen LogP contribution in [0.3, 0.4) is 0 Å². The molecule has 0 aliphatic heterocycles. The second-order valence-electron chi connectivity index (χ2n) is 3.03. The standard InChI is InChI=1S/C10H12ClFN2O.ClH/c1-13-5-4-10(15)14-7-2-3-9(12)8(11)6-7;/h2-3,6,13H,4-5H2,1H3,(H,14,15);1H. The highest BCUT2D eigenvalue weighted by atomic mass is 35.5. The van der Waals surface area contributed by atoms with E-state index in [9.17, 15) is 9.18 Å². The number of carbonyl (C=O) groups is 1. The maximum absolute atomic E-state index is 12.8. The van der Waals surface area contributed by atoms with E-state index in [2.05, 4.69) is 10.6 Å². The first-order valence-corrected chi connectivity index (χ1v) is 4.91. The molecule has 0 fully saturated rings. The predicted molar refractivity (Wildman–Crippen MR) is 65.8 cm³/mol. The van der Waals surface area contributed by atoms with Gasteiger partial charge in [-0.05, 0) is 25.2 Å². The molecule has 3 nitrogen and oxygen atoms in total. The van der Waals surface area contributed by atoms with E-state index in [0.29, 0.717) is 18.7 Å². The van der Waals surface area contributed by atoms with Crippen LogP contribution in [0, 0.1) is 5.82 Å². The molecular formula is C10H13Cl2FN2O. The van der Waals surface area contributed by atoms with Crippen molar-refractivity contribution in [2.24, 2.45) is 0 Å². The van der Waals surface area contributed by atoms with Crippen LogP contribution in [-0.2, 0) is 4.79 Å². The van der Waals surface area contributed by atoms with E-state index in [-0.39, 0.29) is 23.3 Å². The van der Waals surface area contributed by atoms with Crippen molar-refractivity contribution in [2.75, 3.05) is 18.9 Å². The molecule has 2 N–H and O–H groups in total. The van der Waals surface area contributed by atoms with Crippen LogP contribution in [0.2, 0.25) is 5.02 Å². The summed E-state index contributed by atoms with van der Waals surface area (Å²) in [7, 11) is 1.77. The van der Waals surface area contributed by atoms with Crippen molar-refractivity contribution in [2.45, 2.75) is 6.42 Å². The molecule has 0 atom stereocenters. The number of amides is 1. The van der Waals surface area contributed by atoms with Gasteiger partial charge in [0.05, 0.1) is 5.02 Å². The average molecular weight is 267 g/mol. The van der Waals surface area contributed by atoms with Crippen LogP contribution >= 0.6 is 24.0 Å². The van der Waals surface area contributed by atoms with E-state index in [4.69, 9.17) is 11.6 Å². The fraction of sp³-hybridized carbons (Fsp3) is 0.300. The summed E-state index contributed by atoms with van der Waals surface area (Å²) in [6.07, 6.45) is 0.367. The highest BCUT2D eigenvalue weighted by molar-refractivity contribution is 6.31. The topological polar surface area (TPSA) is 41.1 Å². The maximum atomic E-state index is 12.8. The third-order valence-corrected chi connectivity index (χ3v) is 2.10. The smallest absolute Gasteiger partial charge is 0.225 e. The third-order valence-electron chi connectivity index (χ3n) is 1.81. The van der Waals surface area contributed by atoms with E-state index in [1.807, 2.05) is 0 Å². The van der Waals surface area contributed by atoms with Gasteiger partial charge in [0.2, 0.25) is 5.91 Å². The van der Waals surface area contributed by atoms with Gasteiger partial charge in [0, 0.05) is 18.7 Å². The monoisotopic (exact) mass is 266 g/mol. The number of anilines is 1. The van der Waals surface area contributed by atoms with Gasteiger partial charge in [0.1, 0.15) is 5.82 Å². The fourth-order valence-corrected chi connectivity index (χ4v) is 1.22. The van der Waals surface area contributed by atoms with E-state index in [1.54, 1.807) is 7.05 Å².